The fourth-order valence-corrected chi connectivity index (χ4v) is 1.55. The summed E-state index contributed by atoms with van der Waals surface area (Å²) in [4.78, 5) is 11.6. The topological polar surface area (TPSA) is 55.1 Å². The molecular formula is C9H11ClN2O2. The summed E-state index contributed by atoms with van der Waals surface area (Å²) >= 11 is 5.73. The maximum absolute atomic E-state index is 11.6. The lowest BCUT2D eigenvalue weighted by Gasteiger charge is -2.11. The standard InChI is InChI=1S/C9H11ClN2O2/c1-6-4-7(14-12-6)8(13)11-9(5-10)2-3-9/h4H,2-3,5H2,1H3,(H,11,13). The van der Waals surface area contributed by atoms with Gasteiger partial charge in [0.15, 0.2) is 0 Å². The Morgan fingerprint density at radius 1 is 1.79 bits per heavy atom. The quantitative estimate of drug-likeness (QED) is 0.776. The Kier molecular flexibility index (Phi) is 2.23. The molecular weight excluding hydrogens is 204 g/mol. The number of alkyl halides is 1. The molecule has 1 aliphatic carbocycles. The van der Waals surface area contributed by atoms with Gasteiger partial charge in [-0.3, -0.25) is 4.79 Å². The van der Waals surface area contributed by atoms with Gasteiger partial charge in [0.1, 0.15) is 0 Å². The molecule has 1 amide bonds. The summed E-state index contributed by atoms with van der Waals surface area (Å²) in [6.07, 6.45) is 1.88. The highest BCUT2D eigenvalue weighted by Gasteiger charge is 2.43. The number of aryl methyl sites for hydroxylation is 1. The SMILES string of the molecule is Cc1cc(C(=O)NC2(CCl)CC2)on1. The van der Waals surface area contributed by atoms with Crippen LogP contribution in [0.25, 0.3) is 0 Å². The van der Waals surface area contributed by atoms with Gasteiger partial charge in [-0.1, -0.05) is 5.16 Å². The Hall–Kier alpha value is -1.03. The van der Waals surface area contributed by atoms with Gasteiger partial charge in [0, 0.05) is 11.9 Å². The van der Waals surface area contributed by atoms with Gasteiger partial charge in [-0.25, -0.2) is 0 Å². The third kappa shape index (κ3) is 1.75. The number of nitrogens with one attached hydrogen (secondary N) is 1. The molecule has 0 bridgehead atoms. The summed E-state index contributed by atoms with van der Waals surface area (Å²) in [7, 11) is 0. The molecule has 0 atom stereocenters. The Morgan fingerprint density at radius 3 is 2.93 bits per heavy atom. The number of halogens is 1. The predicted octanol–water partition coefficient (Wildman–Crippen LogP) is 1.48. The highest BCUT2D eigenvalue weighted by molar-refractivity contribution is 6.19. The number of hydrogen-bond acceptors (Lipinski definition) is 3. The van der Waals surface area contributed by atoms with Crippen LogP contribution in [0, 0.1) is 6.92 Å². The lowest BCUT2D eigenvalue weighted by Crippen LogP contribution is -2.38. The second kappa shape index (κ2) is 3.28. The maximum atomic E-state index is 11.6. The van der Waals surface area contributed by atoms with E-state index >= 15 is 0 Å². The number of amides is 1. The van der Waals surface area contributed by atoms with Crippen molar-refractivity contribution in [2.24, 2.45) is 0 Å². The van der Waals surface area contributed by atoms with Crippen molar-refractivity contribution in [3.8, 4) is 0 Å². The third-order valence-electron chi connectivity index (χ3n) is 2.34. The molecule has 1 fully saturated rings. The molecule has 0 unspecified atom stereocenters. The van der Waals surface area contributed by atoms with Crippen LogP contribution in [0.3, 0.4) is 0 Å². The molecule has 5 heteroatoms. The molecule has 1 saturated carbocycles. The lowest BCUT2D eigenvalue weighted by atomic mass is 10.3. The minimum absolute atomic E-state index is 0.195. The molecule has 76 valence electrons. The van der Waals surface area contributed by atoms with Crippen LogP contribution in [-0.4, -0.2) is 22.5 Å². The van der Waals surface area contributed by atoms with Crippen molar-refractivity contribution in [2.45, 2.75) is 25.3 Å². The summed E-state index contributed by atoms with van der Waals surface area (Å²) in [6.45, 7) is 1.77. The number of carbonyl (C=O) groups is 1. The molecule has 1 N–H and O–H groups in total. The van der Waals surface area contributed by atoms with Crippen LogP contribution < -0.4 is 5.32 Å². The average Bonchev–Trinajstić information content (AvgIpc) is 2.80. The molecule has 1 heterocycles. The minimum atomic E-state index is -0.233. The van der Waals surface area contributed by atoms with E-state index in [-0.39, 0.29) is 17.2 Å². The van der Waals surface area contributed by atoms with Gasteiger partial charge in [0.05, 0.1) is 11.2 Å². The van der Waals surface area contributed by atoms with Gasteiger partial charge < -0.3 is 9.84 Å². The molecule has 1 aromatic heterocycles. The largest absolute Gasteiger partial charge is 0.351 e. The highest BCUT2D eigenvalue weighted by Crippen LogP contribution is 2.36. The molecule has 1 aliphatic rings. The number of carbonyl (C=O) groups excluding carboxylic acids is 1. The molecule has 0 radical (unpaired) electrons. The Balaban J connectivity index is 2.03. The first kappa shape index (κ1) is 9.52. The van der Waals surface area contributed by atoms with E-state index in [1.165, 1.54) is 0 Å². The molecule has 1 aromatic rings. The number of hydrogen-bond donors (Lipinski definition) is 1. The van der Waals surface area contributed by atoms with E-state index in [1.807, 2.05) is 0 Å². The summed E-state index contributed by atoms with van der Waals surface area (Å²) in [5.74, 6) is 0.467. The van der Waals surface area contributed by atoms with Crippen LogP contribution in [0.15, 0.2) is 10.6 Å². The van der Waals surface area contributed by atoms with Gasteiger partial charge in [-0.15, -0.1) is 11.6 Å². The minimum Gasteiger partial charge on any atom is -0.351 e. The van der Waals surface area contributed by atoms with E-state index in [0.717, 1.165) is 12.8 Å². The predicted molar refractivity (Wildman–Crippen MR) is 51.4 cm³/mol. The van der Waals surface area contributed by atoms with Crippen molar-refractivity contribution in [1.82, 2.24) is 10.5 Å². The van der Waals surface area contributed by atoms with Crippen molar-refractivity contribution < 1.29 is 9.32 Å². The Bertz CT molecular complexity index is 357. The fraction of sp³-hybridized carbons (Fsp3) is 0.556. The second-order valence-corrected chi connectivity index (χ2v) is 3.97. The monoisotopic (exact) mass is 214 g/mol. The van der Waals surface area contributed by atoms with Crippen LogP contribution in [0.5, 0.6) is 0 Å². The van der Waals surface area contributed by atoms with Crippen LogP contribution in [0.2, 0.25) is 0 Å². The molecule has 4 nitrogen and oxygen atoms in total. The normalized spacial score (nSPS) is 17.9. The summed E-state index contributed by atoms with van der Waals surface area (Å²) < 4.78 is 4.84. The number of aromatic nitrogens is 1. The van der Waals surface area contributed by atoms with E-state index in [2.05, 4.69) is 10.5 Å². The van der Waals surface area contributed by atoms with Crippen molar-refractivity contribution in [1.29, 1.82) is 0 Å². The zero-order valence-corrected chi connectivity index (χ0v) is 8.60. The van der Waals surface area contributed by atoms with Crippen molar-refractivity contribution in [3.05, 3.63) is 17.5 Å². The smallest absolute Gasteiger partial charge is 0.290 e. The number of rotatable bonds is 3. The van der Waals surface area contributed by atoms with E-state index in [9.17, 15) is 4.79 Å². The molecule has 0 spiro atoms. The van der Waals surface area contributed by atoms with Crippen LogP contribution in [0.4, 0.5) is 0 Å². The van der Waals surface area contributed by atoms with Crippen LogP contribution in [-0.2, 0) is 0 Å². The molecule has 2 rings (SSSR count). The maximum Gasteiger partial charge on any atom is 0.290 e. The number of nitrogens with zero attached hydrogens (tertiary/aromatic N) is 1. The van der Waals surface area contributed by atoms with Crippen molar-refractivity contribution in [2.75, 3.05) is 5.88 Å². The summed E-state index contributed by atoms with van der Waals surface area (Å²) in [6, 6.07) is 1.61. The zero-order chi connectivity index (χ0) is 10.2. The van der Waals surface area contributed by atoms with Crippen LogP contribution in [0.1, 0.15) is 29.1 Å². The first-order valence-corrected chi connectivity index (χ1v) is 5.00. The van der Waals surface area contributed by atoms with E-state index in [1.54, 1.807) is 13.0 Å². The Labute approximate surface area is 86.6 Å². The van der Waals surface area contributed by atoms with E-state index in [0.29, 0.717) is 11.6 Å². The van der Waals surface area contributed by atoms with Gasteiger partial charge in [0.2, 0.25) is 5.76 Å². The van der Waals surface area contributed by atoms with Gasteiger partial charge in [0.25, 0.3) is 5.91 Å². The third-order valence-corrected chi connectivity index (χ3v) is 2.85. The molecule has 0 saturated heterocycles. The molecule has 14 heavy (non-hydrogen) atoms. The molecule has 0 aromatic carbocycles. The van der Waals surface area contributed by atoms with Crippen molar-refractivity contribution in [3.63, 3.8) is 0 Å². The average molecular weight is 215 g/mol. The van der Waals surface area contributed by atoms with Crippen molar-refractivity contribution >= 4 is 17.5 Å². The fourth-order valence-electron chi connectivity index (χ4n) is 1.22. The van der Waals surface area contributed by atoms with E-state index < -0.39 is 0 Å². The highest BCUT2D eigenvalue weighted by atomic mass is 35.5. The Morgan fingerprint density at radius 2 is 2.50 bits per heavy atom. The first-order valence-electron chi connectivity index (χ1n) is 4.47. The summed E-state index contributed by atoms with van der Waals surface area (Å²) in [5.41, 5.74) is 0.505. The van der Waals surface area contributed by atoms with Gasteiger partial charge >= 0.3 is 0 Å². The van der Waals surface area contributed by atoms with Gasteiger partial charge in [-0.05, 0) is 19.8 Å². The second-order valence-electron chi connectivity index (χ2n) is 3.70. The molecule has 0 aliphatic heterocycles. The first-order chi connectivity index (χ1) is 6.65. The zero-order valence-electron chi connectivity index (χ0n) is 7.84. The lowest BCUT2D eigenvalue weighted by molar-refractivity contribution is 0.0898. The van der Waals surface area contributed by atoms with Crippen LogP contribution >= 0.6 is 11.6 Å². The van der Waals surface area contributed by atoms with E-state index in [4.69, 9.17) is 16.1 Å². The van der Waals surface area contributed by atoms with Gasteiger partial charge in [-0.2, -0.15) is 0 Å². The summed E-state index contributed by atoms with van der Waals surface area (Å²) in [5, 5.41) is 6.49.